The van der Waals surface area contributed by atoms with Crippen molar-refractivity contribution in [3.05, 3.63) is 52.0 Å². The number of anilines is 3. The molecule has 112 valence electrons. The first-order chi connectivity index (χ1) is 9.68. The lowest BCUT2D eigenvalue weighted by molar-refractivity contribution is -0.136. The van der Waals surface area contributed by atoms with E-state index in [1.165, 1.54) is 6.07 Å². The van der Waals surface area contributed by atoms with E-state index in [1.807, 2.05) is 0 Å². The Hall–Kier alpha value is -1.83. The van der Waals surface area contributed by atoms with Crippen molar-refractivity contribution in [2.45, 2.75) is 6.18 Å². The van der Waals surface area contributed by atoms with Crippen LogP contribution in [0, 0.1) is 11.6 Å². The minimum Gasteiger partial charge on any atom is -0.398 e. The molecule has 0 unspecified atom stereocenters. The first-order valence-corrected chi connectivity index (χ1v) is 6.36. The zero-order valence-corrected chi connectivity index (χ0v) is 11.8. The third kappa shape index (κ3) is 3.44. The molecule has 0 spiro atoms. The van der Waals surface area contributed by atoms with Gasteiger partial charge in [0.2, 0.25) is 0 Å². The number of alkyl halides is 3. The predicted octanol–water partition coefficient (Wildman–Crippen LogP) is 5.07. The quantitative estimate of drug-likeness (QED) is 0.575. The van der Waals surface area contributed by atoms with Crippen LogP contribution in [0.2, 0.25) is 0 Å². The molecule has 0 aliphatic carbocycles. The maximum absolute atomic E-state index is 13.6. The molecular formula is C13H8BrF5N2. The summed E-state index contributed by atoms with van der Waals surface area (Å²) in [4.78, 5) is 0. The number of halogens is 6. The Morgan fingerprint density at radius 1 is 1.00 bits per heavy atom. The van der Waals surface area contributed by atoms with Crippen molar-refractivity contribution in [1.29, 1.82) is 0 Å². The first kappa shape index (κ1) is 15.6. The Kier molecular flexibility index (Phi) is 4.08. The van der Waals surface area contributed by atoms with E-state index >= 15 is 0 Å². The molecule has 21 heavy (non-hydrogen) atoms. The molecule has 0 bridgehead atoms. The SMILES string of the molecule is Nc1ccc(Nc2c(F)cc(Br)cc2F)cc1C(F)(F)F. The van der Waals surface area contributed by atoms with Gasteiger partial charge >= 0.3 is 6.18 Å². The number of nitrogens with one attached hydrogen (secondary N) is 1. The van der Waals surface area contributed by atoms with Gasteiger partial charge in [-0.2, -0.15) is 13.2 Å². The van der Waals surface area contributed by atoms with Gasteiger partial charge in [0.25, 0.3) is 0 Å². The zero-order valence-electron chi connectivity index (χ0n) is 10.2. The third-order valence-corrected chi connectivity index (χ3v) is 3.09. The van der Waals surface area contributed by atoms with Crippen molar-refractivity contribution in [2.24, 2.45) is 0 Å². The average Bonchev–Trinajstić information content (AvgIpc) is 2.34. The predicted molar refractivity (Wildman–Crippen MR) is 73.2 cm³/mol. The van der Waals surface area contributed by atoms with Crippen LogP contribution < -0.4 is 11.1 Å². The molecular weight excluding hydrogens is 359 g/mol. The second-order valence-corrected chi connectivity index (χ2v) is 5.08. The number of hydrogen-bond acceptors (Lipinski definition) is 2. The topological polar surface area (TPSA) is 38.0 Å². The molecule has 0 radical (unpaired) electrons. The monoisotopic (exact) mass is 366 g/mol. The van der Waals surface area contributed by atoms with Crippen LogP contribution in [0.15, 0.2) is 34.8 Å². The zero-order chi connectivity index (χ0) is 15.8. The fourth-order valence-electron chi connectivity index (χ4n) is 1.69. The summed E-state index contributed by atoms with van der Waals surface area (Å²) in [5, 5.41) is 2.28. The molecule has 0 saturated carbocycles. The van der Waals surface area contributed by atoms with Crippen LogP contribution in [0.5, 0.6) is 0 Å². The Balaban J connectivity index is 2.42. The summed E-state index contributed by atoms with van der Waals surface area (Å²) in [7, 11) is 0. The standard InChI is InChI=1S/C13H8BrF5N2/c14-6-3-9(15)12(10(16)4-6)21-7-1-2-11(20)8(5-7)13(17,18)19/h1-5,21H,20H2. The summed E-state index contributed by atoms with van der Waals surface area (Å²) >= 11 is 2.91. The largest absolute Gasteiger partial charge is 0.418 e. The van der Waals surface area contributed by atoms with Gasteiger partial charge < -0.3 is 11.1 Å². The van der Waals surface area contributed by atoms with E-state index < -0.39 is 34.7 Å². The van der Waals surface area contributed by atoms with Crippen molar-refractivity contribution in [3.8, 4) is 0 Å². The Labute approximate surface area is 124 Å². The molecule has 0 aliphatic heterocycles. The molecule has 0 aromatic heterocycles. The molecule has 0 saturated heterocycles. The molecule has 2 rings (SSSR count). The van der Waals surface area contributed by atoms with Gasteiger partial charge in [-0.3, -0.25) is 0 Å². The molecule has 0 fully saturated rings. The van der Waals surface area contributed by atoms with Crippen molar-refractivity contribution in [1.82, 2.24) is 0 Å². The maximum atomic E-state index is 13.6. The van der Waals surface area contributed by atoms with Gasteiger partial charge in [0.15, 0.2) is 11.6 Å². The molecule has 0 amide bonds. The van der Waals surface area contributed by atoms with Gasteiger partial charge in [0, 0.05) is 15.8 Å². The highest BCUT2D eigenvalue weighted by Gasteiger charge is 2.33. The van der Waals surface area contributed by atoms with Crippen molar-refractivity contribution in [2.75, 3.05) is 11.1 Å². The van der Waals surface area contributed by atoms with Gasteiger partial charge in [-0.25, -0.2) is 8.78 Å². The summed E-state index contributed by atoms with van der Waals surface area (Å²) < 4.78 is 65.6. The smallest absolute Gasteiger partial charge is 0.398 e. The van der Waals surface area contributed by atoms with E-state index in [0.717, 1.165) is 18.2 Å². The molecule has 0 heterocycles. The second kappa shape index (κ2) is 5.51. The Morgan fingerprint density at radius 2 is 1.57 bits per heavy atom. The lowest BCUT2D eigenvalue weighted by Crippen LogP contribution is -2.09. The fraction of sp³-hybridized carbons (Fsp3) is 0.0769. The molecule has 2 aromatic rings. The van der Waals surface area contributed by atoms with Crippen LogP contribution in [-0.2, 0) is 6.18 Å². The molecule has 2 aromatic carbocycles. The van der Waals surface area contributed by atoms with Crippen molar-refractivity contribution in [3.63, 3.8) is 0 Å². The summed E-state index contributed by atoms with van der Waals surface area (Å²) in [6.45, 7) is 0. The van der Waals surface area contributed by atoms with Gasteiger partial charge in [-0.1, -0.05) is 15.9 Å². The third-order valence-electron chi connectivity index (χ3n) is 2.63. The number of hydrogen-bond donors (Lipinski definition) is 2. The minimum absolute atomic E-state index is 0.128. The van der Waals surface area contributed by atoms with Crippen LogP contribution in [-0.4, -0.2) is 0 Å². The molecule has 0 aliphatic rings. The van der Waals surface area contributed by atoms with Crippen LogP contribution in [0.3, 0.4) is 0 Å². The lowest BCUT2D eigenvalue weighted by atomic mass is 10.1. The average molecular weight is 367 g/mol. The number of benzene rings is 2. The number of rotatable bonds is 2. The van der Waals surface area contributed by atoms with Crippen LogP contribution in [0.4, 0.5) is 39.0 Å². The summed E-state index contributed by atoms with van der Waals surface area (Å²) in [6.07, 6.45) is -4.65. The highest BCUT2D eigenvalue weighted by molar-refractivity contribution is 9.10. The number of nitrogen functional groups attached to an aromatic ring is 1. The van der Waals surface area contributed by atoms with Gasteiger partial charge in [0.1, 0.15) is 5.69 Å². The maximum Gasteiger partial charge on any atom is 0.418 e. The van der Waals surface area contributed by atoms with E-state index in [1.54, 1.807) is 0 Å². The fourth-order valence-corrected chi connectivity index (χ4v) is 2.09. The Bertz CT molecular complexity index is 662. The van der Waals surface area contributed by atoms with E-state index in [4.69, 9.17) is 5.73 Å². The molecule has 2 nitrogen and oxygen atoms in total. The van der Waals surface area contributed by atoms with E-state index in [2.05, 4.69) is 21.2 Å². The van der Waals surface area contributed by atoms with Crippen molar-refractivity contribution >= 4 is 33.0 Å². The van der Waals surface area contributed by atoms with Crippen LogP contribution in [0.25, 0.3) is 0 Å². The molecule has 0 atom stereocenters. The van der Waals surface area contributed by atoms with Crippen LogP contribution >= 0.6 is 15.9 Å². The van der Waals surface area contributed by atoms with Crippen molar-refractivity contribution < 1.29 is 22.0 Å². The van der Waals surface area contributed by atoms with E-state index in [-0.39, 0.29) is 10.2 Å². The second-order valence-electron chi connectivity index (χ2n) is 4.17. The summed E-state index contributed by atoms with van der Waals surface area (Å²) in [5.74, 6) is -1.88. The highest BCUT2D eigenvalue weighted by atomic mass is 79.9. The van der Waals surface area contributed by atoms with E-state index in [0.29, 0.717) is 6.07 Å². The molecule has 3 N–H and O–H groups in total. The lowest BCUT2D eigenvalue weighted by Gasteiger charge is -2.14. The minimum atomic E-state index is -4.65. The normalized spacial score (nSPS) is 11.5. The van der Waals surface area contributed by atoms with Gasteiger partial charge in [-0.05, 0) is 30.3 Å². The van der Waals surface area contributed by atoms with Gasteiger partial charge in [-0.15, -0.1) is 0 Å². The number of nitrogens with two attached hydrogens (primary N) is 1. The molecule has 8 heteroatoms. The highest BCUT2D eigenvalue weighted by Crippen LogP contribution is 2.36. The first-order valence-electron chi connectivity index (χ1n) is 5.57. The van der Waals surface area contributed by atoms with Crippen LogP contribution in [0.1, 0.15) is 5.56 Å². The van der Waals surface area contributed by atoms with E-state index in [9.17, 15) is 22.0 Å². The Morgan fingerprint density at radius 3 is 2.10 bits per heavy atom. The van der Waals surface area contributed by atoms with Gasteiger partial charge in [0.05, 0.1) is 5.56 Å². The summed E-state index contributed by atoms with van der Waals surface area (Å²) in [5.41, 5.74) is 3.03. The summed E-state index contributed by atoms with van der Waals surface area (Å²) in [6, 6.07) is 4.89.